The molecule has 1 aliphatic heterocycles. The van der Waals surface area contributed by atoms with Crippen molar-refractivity contribution in [2.24, 2.45) is 11.8 Å². The van der Waals surface area contributed by atoms with Gasteiger partial charge in [0, 0.05) is 18.3 Å². The van der Waals surface area contributed by atoms with E-state index in [4.69, 9.17) is 4.74 Å². The van der Waals surface area contributed by atoms with Crippen LogP contribution in [0.5, 0.6) is 5.88 Å². The zero-order valence-corrected chi connectivity index (χ0v) is 15.5. The summed E-state index contributed by atoms with van der Waals surface area (Å²) in [6.07, 6.45) is -1.33. The average Bonchev–Trinajstić information content (AvgIpc) is 2.67. The summed E-state index contributed by atoms with van der Waals surface area (Å²) in [5.41, 5.74) is 1.72. The van der Waals surface area contributed by atoms with E-state index in [1.54, 1.807) is 37.6 Å². The lowest BCUT2D eigenvalue weighted by Gasteiger charge is -2.37. The van der Waals surface area contributed by atoms with Crippen LogP contribution >= 0.6 is 0 Å². The lowest BCUT2D eigenvalue weighted by molar-refractivity contribution is -0.192. The first kappa shape index (κ1) is 19.7. The SMILES string of the molecule is COc1ncccc1CN1CCC(C(Cc2ccccc2)C(F)(F)F)CC1. The van der Waals surface area contributed by atoms with E-state index in [9.17, 15) is 13.2 Å². The molecule has 1 atom stereocenters. The van der Waals surface area contributed by atoms with Gasteiger partial charge in [-0.1, -0.05) is 36.4 Å². The summed E-state index contributed by atoms with van der Waals surface area (Å²) in [5.74, 6) is -1.04. The number of benzene rings is 1. The third-order valence-electron chi connectivity index (χ3n) is 5.36. The van der Waals surface area contributed by atoms with Crippen LogP contribution in [0.4, 0.5) is 13.2 Å². The van der Waals surface area contributed by atoms with Crippen LogP contribution in [0.2, 0.25) is 0 Å². The molecule has 1 fully saturated rings. The Labute approximate surface area is 158 Å². The van der Waals surface area contributed by atoms with Crippen molar-refractivity contribution in [1.82, 2.24) is 9.88 Å². The molecule has 1 aromatic heterocycles. The van der Waals surface area contributed by atoms with Crippen LogP contribution in [0.1, 0.15) is 24.0 Å². The maximum Gasteiger partial charge on any atom is 0.392 e. The van der Waals surface area contributed by atoms with Gasteiger partial charge in [-0.05, 0) is 49.9 Å². The molecule has 0 bridgehead atoms. The fourth-order valence-corrected chi connectivity index (χ4v) is 3.90. The Hall–Kier alpha value is -2.08. The molecule has 1 aliphatic rings. The summed E-state index contributed by atoms with van der Waals surface area (Å²) in [6, 6.07) is 12.8. The zero-order valence-electron chi connectivity index (χ0n) is 15.5. The number of piperidine rings is 1. The van der Waals surface area contributed by atoms with E-state index >= 15 is 0 Å². The standard InChI is InChI=1S/C21H25F3N2O/c1-27-20-18(8-5-11-25-20)15-26-12-9-17(10-13-26)19(21(22,23)24)14-16-6-3-2-4-7-16/h2-8,11,17,19H,9-10,12-15H2,1H3. The number of likely N-dealkylation sites (tertiary alicyclic amines) is 1. The normalized spacial score (nSPS) is 17.6. The van der Waals surface area contributed by atoms with Crippen LogP contribution in [0.3, 0.4) is 0 Å². The average molecular weight is 378 g/mol. The van der Waals surface area contributed by atoms with Crippen molar-refractivity contribution in [3.05, 3.63) is 59.8 Å². The number of hydrogen-bond acceptors (Lipinski definition) is 3. The molecule has 0 N–H and O–H groups in total. The number of rotatable bonds is 6. The van der Waals surface area contributed by atoms with Gasteiger partial charge in [-0.2, -0.15) is 13.2 Å². The Balaban J connectivity index is 1.62. The number of alkyl halides is 3. The molecule has 1 unspecified atom stereocenters. The van der Waals surface area contributed by atoms with Gasteiger partial charge >= 0.3 is 6.18 Å². The minimum Gasteiger partial charge on any atom is -0.481 e. The smallest absolute Gasteiger partial charge is 0.392 e. The Bertz CT molecular complexity index is 713. The molecule has 6 heteroatoms. The monoisotopic (exact) mass is 378 g/mol. The topological polar surface area (TPSA) is 25.4 Å². The molecule has 146 valence electrons. The molecule has 0 aliphatic carbocycles. The van der Waals surface area contributed by atoms with E-state index in [0.717, 1.165) is 11.1 Å². The van der Waals surface area contributed by atoms with Crippen LogP contribution in [0.25, 0.3) is 0 Å². The Morgan fingerprint density at radius 1 is 1.11 bits per heavy atom. The summed E-state index contributed by atoms with van der Waals surface area (Å²) >= 11 is 0. The molecule has 0 saturated carbocycles. The van der Waals surface area contributed by atoms with Crippen molar-refractivity contribution < 1.29 is 17.9 Å². The Morgan fingerprint density at radius 3 is 2.44 bits per heavy atom. The van der Waals surface area contributed by atoms with Gasteiger partial charge in [-0.15, -0.1) is 0 Å². The first-order chi connectivity index (χ1) is 13.0. The largest absolute Gasteiger partial charge is 0.481 e. The molecule has 1 saturated heterocycles. The predicted molar refractivity (Wildman–Crippen MR) is 98.5 cm³/mol. The van der Waals surface area contributed by atoms with E-state index in [0.29, 0.717) is 38.4 Å². The third kappa shape index (κ3) is 5.22. The Kier molecular flexibility index (Phi) is 6.37. The maximum absolute atomic E-state index is 13.7. The number of halogens is 3. The third-order valence-corrected chi connectivity index (χ3v) is 5.36. The van der Waals surface area contributed by atoms with Crippen LogP contribution in [0, 0.1) is 11.8 Å². The van der Waals surface area contributed by atoms with Gasteiger partial charge in [0.2, 0.25) is 5.88 Å². The fraction of sp³-hybridized carbons (Fsp3) is 0.476. The molecule has 27 heavy (non-hydrogen) atoms. The molecular formula is C21H25F3N2O. The van der Waals surface area contributed by atoms with E-state index < -0.39 is 12.1 Å². The van der Waals surface area contributed by atoms with Crippen molar-refractivity contribution in [2.45, 2.75) is 32.0 Å². The van der Waals surface area contributed by atoms with Gasteiger partial charge in [0.15, 0.2) is 0 Å². The summed E-state index contributed by atoms with van der Waals surface area (Å²) in [5, 5.41) is 0. The lowest BCUT2D eigenvalue weighted by Crippen LogP contribution is -2.40. The van der Waals surface area contributed by atoms with Crippen molar-refractivity contribution >= 4 is 0 Å². The summed E-state index contributed by atoms with van der Waals surface area (Å²) in [4.78, 5) is 6.37. The molecule has 2 heterocycles. The highest BCUT2D eigenvalue weighted by molar-refractivity contribution is 5.25. The molecular weight excluding hydrogens is 353 g/mol. The molecule has 1 aromatic carbocycles. The van der Waals surface area contributed by atoms with E-state index in [2.05, 4.69) is 9.88 Å². The first-order valence-corrected chi connectivity index (χ1v) is 9.28. The maximum atomic E-state index is 13.7. The van der Waals surface area contributed by atoms with Crippen molar-refractivity contribution in [1.29, 1.82) is 0 Å². The van der Waals surface area contributed by atoms with Crippen LogP contribution in [0.15, 0.2) is 48.7 Å². The van der Waals surface area contributed by atoms with Crippen LogP contribution < -0.4 is 4.74 Å². The second-order valence-electron chi connectivity index (χ2n) is 7.12. The zero-order chi connectivity index (χ0) is 19.3. The van der Waals surface area contributed by atoms with Gasteiger partial charge in [0.05, 0.1) is 13.0 Å². The highest BCUT2D eigenvalue weighted by Gasteiger charge is 2.45. The minimum atomic E-state index is -4.17. The predicted octanol–water partition coefficient (Wildman–Crippen LogP) is 4.72. The van der Waals surface area contributed by atoms with E-state index in [1.807, 2.05) is 18.2 Å². The quantitative estimate of drug-likeness (QED) is 0.727. The summed E-state index contributed by atoms with van der Waals surface area (Å²) < 4.78 is 46.4. The summed E-state index contributed by atoms with van der Waals surface area (Å²) in [7, 11) is 1.58. The molecule has 0 radical (unpaired) electrons. The van der Waals surface area contributed by atoms with Crippen molar-refractivity contribution in [2.75, 3.05) is 20.2 Å². The number of methoxy groups -OCH3 is 1. The number of aromatic nitrogens is 1. The van der Waals surface area contributed by atoms with E-state index in [-0.39, 0.29) is 12.3 Å². The van der Waals surface area contributed by atoms with Crippen LogP contribution in [-0.2, 0) is 13.0 Å². The Morgan fingerprint density at radius 2 is 1.81 bits per heavy atom. The number of hydrogen-bond donors (Lipinski definition) is 0. The number of nitrogens with zero attached hydrogens (tertiary/aromatic N) is 2. The van der Waals surface area contributed by atoms with Crippen molar-refractivity contribution in [3.8, 4) is 5.88 Å². The van der Waals surface area contributed by atoms with Gasteiger partial charge in [0.25, 0.3) is 0 Å². The fourth-order valence-electron chi connectivity index (χ4n) is 3.90. The highest BCUT2D eigenvalue weighted by atomic mass is 19.4. The van der Waals surface area contributed by atoms with Gasteiger partial charge in [-0.3, -0.25) is 4.90 Å². The van der Waals surface area contributed by atoms with E-state index in [1.165, 1.54) is 0 Å². The highest BCUT2D eigenvalue weighted by Crippen LogP contribution is 2.39. The van der Waals surface area contributed by atoms with Crippen molar-refractivity contribution in [3.63, 3.8) is 0 Å². The second-order valence-corrected chi connectivity index (χ2v) is 7.12. The molecule has 3 rings (SSSR count). The number of ether oxygens (including phenoxy) is 1. The molecule has 3 nitrogen and oxygen atoms in total. The molecule has 2 aromatic rings. The summed E-state index contributed by atoms with van der Waals surface area (Å²) in [6.45, 7) is 1.97. The van der Waals surface area contributed by atoms with Gasteiger partial charge in [-0.25, -0.2) is 4.98 Å². The number of pyridine rings is 1. The first-order valence-electron chi connectivity index (χ1n) is 9.28. The molecule has 0 amide bonds. The van der Waals surface area contributed by atoms with Crippen LogP contribution in [-0.4, -0.2) is 36.3 Å². The second kappa shape index (κ2) is 8.74. The molecule has 0 spiro atoms. The van der Waals surface area contributed by atoms with Gasteiger partial charge in [0.1, 0.15) is 0 Å². The van der Waals surface area contributed by atoms with Gasteiger partial charge < -0.3 is 4.74 Å². The lowest BCUT2D eigenvalue weighted by atomic mass is 9.80. The minimum absolute atomic E-state index is 0.0609.